The average Bonchev–Trinajstić information content (AvgIpc) is 2.92. The number of nitrogens with two attached hydrogens (primary N) is 1. The number of nitrogen functional groups attached to an aromatic ring is 1. The van der Waals surface area contributed by atoms with Crippen molar-refractivity contribution in [1.29, 1.82) is 0 Å². The van der Waals surface area contributed by atoms with Crippen LogP contribution in [0, 0.1) is 0 Å². The highest BCUT2D eigenvalue weighted by atomic mass is 32.2. The number of hydrogen-bond acceptors (Lipinski definition) is 9. The van der Waals surface area contributed by atoms with Gasteiger partial charge in [0.1, 0.15) is 12.7 Å². The molecular formula is C8H12N8OS. The lowest BCUT2D eigenvalue weighted by Crippen LogP contribution is -2.14. The Kier molecular flexibility index (Phi) is 4.39. The third-order valence-corrected chi connectivity index (χ3v) is 2.69. The Bertz CT molecular complexity index is 490. The van der Waals surface area contributed by atoms with Gasteiger partial charge in [0.25, 0.3) is 5.95 Å². The van der Waals surface area contributed by atoms with E-state index in [1.165, 1.54) is 29.1 Å². The Morgan fingerprint density at radius 2 is 2.33 bits per heavy atom. The van der Waals surface area contributed by atoms with Crippen molar-refractivity contribution in [3.05, 3.63) is 12.7 Å². The first kappa shape index (κ1) is 12.7. The van der Waals surface area contributed by atoms with Gasteiger partial charge in [-0.1, -0.05) is 11.8 Å². The summed E-state index contributed by atoms with van der Waals surface area (Å²) in [6.45, 7) is 0.612. The molecule has 0 unspecified atom stereocenters. The lowest BCUT2D eigenvalue weighted by Gasteiger charge is -2.05. The van der Waals surface area contributed by atoms with Gasteiger partial charge in [0.05, 0.1) is 6.61 Å². The van der Waals surface area contributed by atoms with E-state index in [1.807, 2.05) is 0 Å². The monoisotopic (exact) mass is 268 g/mol. The maximum Gasteiger partial charge on any atom is 0.257 e. The van der Waals surface area contributed by atoms with Gasteiger partial charge >= 0.3 is 0 Å². The molecule has 10 heteroatoms. The van der Waals surface area contributed by atoms with Crippen LogP contribution in [0.15, 0.2) is 17.8 Å². The van der Waals surface area contributed by atoms with Crippen molar-refractivity contribution < 1.29 is 4.74 Å². The molecule has 0 radical (unpaired) electrons. The molecule has 2 rings (SSSR count). The van der Waals surface area contributed by atoms with E-state index in [2.05, 4.69) is 30.5 Å². The van der Waals surface area contributed by atoms with Crippen LogP contribution in [0.25, 0.3) is 5.95 Å². The Morgan fingerprint density at radius 1 is 1.44 bits per heavy atom. The number of nitrogens with zero attached hydrogens (tertiary/aromatic N) is 6. The minimum absolute atomic E-state index is 0.274. The average molecular weight is 268 g/mol. The number of nitrogens with one attached hydrogen (secondary N) is 1. The molecule has 0 aliphatic heterocycles. The first-order chi connectivity index (χ1) is 8.83. The van der Waals surface area contributed by atoms with Crippen LogP contribution in [-0.2, 0) is 4.74 Å². The second-order valence-corrected chi connectivity index (χ2v) is 4.13. The van der Waals surface area contributed by atoms with E-state index in [0.717, 1.165) is 5.75 Å². The fourth-order valence-electron chi connectivity index (χ4n) is 1.11. The molecule has 0 aromatic carbocycles. The molecule has 0 spiro atoms. The highest BCUT2D eigenvalue weighted by Gasteiger charge is 2.08. The summed E-state index contributed by atoms with van der Waals surface area (Å²) in [5, 5.41) is 4.49. The summed E-state index contributed by atoms with van der Waals surface area (Å²) < 4.78 is 6.40. The van der Waals surface area contributed by atoms with Crippen LogP contribution in [0.3, 0.4) is 0 Å². The molecular weight excluding hydrogens is 256 g/mol. The zero-order valence-corrected chi connectivity index (χ0v) is 10.5. The molecule has 96 valence electrons. The zero-order valence-electron chi connectivity index (χ0n) is 9.65. The summed E-state index contributed by atoms with van der Waals surface area (Å²) >= 11 is 1.44. The topological polar surface area (TPSA) is 117 Å². The normalized spacial score (nSPS) is 10.6. The van der Waals surface area contributed by atoms with Crippen molar-refractivity contribution in [2.45, 2.75) is 5.16 Å². The SMILES string of the molecule is COCCSc1nc(NN)nc(-n2cncn2)n1. The summed E-state index contributed by atoms with van der Waals surface area (Å²) in [4.78, 5) is 16.3. The van der Waals surface area contributed by atoms with Crippen molar-refractivity contribution >= 4 is 17.7 Å². The molecule has 0 bridgehead atoms. The van der Waals surface area contributed by atoms with Gasteiger partial charge in [-0.15, -0.1) is 0 Å². The van der Waals surface area contributed by atoms with E-state index in [0.29, 0.717) is 17.7 Å². The molecule has 0 saturated heterocycles. The van der Waals surface area contributed by atoms with E-state index in [4.69, 9.17) is 10.6 Å². The molecule has 2 heterocycles. The van der Waals surface area contributed by atoms with E-state index >= 15 is 0 Å². The van der Waals surface area contributed by atoms with Gasteiger partial charge in [0.2, 0.25) is 5.95 Å². The summed E-state index contributed by atoms with van der Waals surface area (Å²) in [6, 6.07) is 0. The Hall–Kier alpha value is -1.78. The fourth-order valence-corrected chi connectivity index (χ4v) is 1.84. The number of aromatic nitrogens is 6. The second-order valence-electron chi connectivity index (χ2n) is 3.07. The molecule has 2 aromatic heterocycles. The summed E-state index contributed by atoms with van der Waals surface area (Å²) in [6.07, 6.45) is 2.90. The second kappa shape index (κ2) is 6.23. The first-order valence-corrected chi connectivity index (χ1v) is 6.01. The van der Waals surface area contributed by atoms with Crippen molar-refractivity contribution in [3.63, 3.8) is 0 Å². The van der Waals surface area contributed by atoms with Crippen molar-refractivity contribution in [2.75, 3.05) is 24.9 Å². The molecule has 2 aromatic rings. The fraction of sp³-hybridized carbons (Fsp3) is 0.375. The van der Waals surface area contributed by atoms with Crippen LogP contribution >= 0.6 is 11.8 Å². The zero-order chi connectivity index (χ0) is 12.8. The van der Waals surface area contributed by atoms with Crippen LogP contribution in [0.4, 0.5) is 5.95 Å². The minimum atomic E-state index is 0.274. The molecule has 9 nitrogen and oxygen atoms in total. The lowest BCUT2D eigenvalue weighted by atomic mass is 10.8. The van der Waals surface area contributed by atoms with Gasteiger partial charge in [-0.2, -0.15) is 24.7 Å². The molecule has 0 fully saturated rings. The largest absolute Gasteiger partial charge is 0.384 e. The molecule has 0 amide bonds. The summed E-state index contributed by atoms with van der Waals surface area (Å²) in [7, 11) is 1.64. The number of ether oxygens (including phenoxy) is 1. The molecule has 18 heavy (non-hydrogen) atoms. The van der Waals surface area contributed by atoms with Gasteiger partial charge in [0, 0.05) is 12.9 Å². The Labute approximate surface area is 107 Å². The molecule has 0 saturated carbocycles. The van der Waals surface area contributed by atoms with Crippen LogP contribution in [0.2, 0.25) is 0 Å². The van der Waals surface area contributed by atoms with E-state index in [1.54, 1.807) is 7.11 Å². The van der Waals surface area contributed by atoms with Gasteiger partial charge in [-0.05, 0) is 0 Å². The van der Waals surface area contributed by atoms with Gasteiger partial charge in [-0.3, -0.25) is 5.43 Å². The van der Waals surface area contributed by atoms with Gasteiger partial charge in [-0.25, -0.2) is 10.8 Å². The summed E-state index contributed by atoms with van der Waals surface area (Å²) in [5.41, 5.74) is 2.39. The quantitative estimate of drug-likeness (QED) is 0.309. The van der Waals surface area contributed by atoms with E-state index in [9.17, 15) is 0 Å². The highest BCUT2D eigenvalue weighted by Crippen LogP contribution is 2.15. The van der Waals surface area contributed by atoms with Crippen LogP contribution < -0.4 is 11.3 Å². The third kappa shape index (κ3) is 3.12. The highest BCUT2D eigenvalue weighted by molar-refractivity contribution is 7.99. The van der Waals surface area contributed by atoms with Crippen LogP contribution in [0.1, 0.15) is 0 Å². The number of anilines is 1. The van der Waals surface area contributed by atoms with Gasteiger partial charge in [0.15, 0.2) is 5.16 Å². The first-order valence-electron chi connectivity index (χ1n) is 5.03. The lowest BCUT2D eigenvalue weighted by molar-refractivity contribution is 0.218. The van der Waals surface area contributed by atoms with E-state index < -0.39 is 0 Å². The standard InChI is InChI=1S/C8H12N8OS/c1-17-2-3-18-8-13-6(15-9)12-7(14-8)16-5-10-4-11-16/h4-5H,2-3,9H2,1H3,(H,12,13,14,15). The number of methoxy groups -OCH3 is 1. The number of thioether (sulfide) groups is 1. The van der Waals surface area contributed by atoms with Crippen LogP contribution in [0.5, 0.6) is 0 Å². The number of hydrogen-bond donors (Lipinski definition) is 2. The van der Waals surface area contributed by atoms with Crippen molar-refractivity contribution in [3.8, 4) is 5.95 Å². The maximum absolute atomic E-state index is 5.31. The Balaban J connectivity index is 2.22. The minimum Gasteiger partial charge on any atom is -0.384 e. The smallest absolute Gasteiger partial charge is 0.257 e. The molecule has 0 aliphatic rings. The Morgan fingerprint density at radius 3 is 3.00 bits per heavy atom. The van der Waals surface area contributed by atoms with Crippen LogP contribution in [-0.4, -0.2) is 49.2 Å². The van der Waals surface area contributed by atoms with E-state index in [-0.39, 0.29) is 5.95 Å². The molecule has 0 aliphatic carbocycles. The molecule has 0 atom stereocenters. The van der Waals surface area contributed by atoms with Crippen molar-refractivity contribution in [1.82, 2.24) is 29.7 Å². The predicted molar refractivity (Wildman–Crippen MR) is 65.2 cm³/mol. The maximum atomic E-state index is 5.31. The molecule has 3 N–H and O–H groups in total. The predicted octanol–water partition coefficient (Wildman–Crippen LogP) is -0.524. The van der Waals surface area contributed by atoms with Crippen molar-refractivity contribution in [2.24, 2.45) is 5.84 Å². The van der Waals surface area contributed by atoms with Gasteiger partial charge < -0.3 is 4.74 Å². The number of rotatable bonds is 6. The summed E-state index contributed by atoms with van der Waals surface area (Å²) in [5.74, 6) is 6.68. The number of hydrazine groups is 1. The third-order valence-electron chi connectivity index (χ3n) is 1.87.